The molecule has 0 aliphatic carbocycles. The van der Waals surface area contributed by atoms with E-state index < -0.39 is 10.0 Å². The molecular weight excluding hydrogens is 314 g/mol. The third kappa shape index (κ3) is 3.51. The predicted octanol–water partition coefficient (Wildman–Crippen LogP) is 1.53. The number of hydrogen-bond acceptors (Lipinski definition) is 4. The molecule has 0 unspecified atom stereocenters. The number of fused-ring (bicyclic) bond motifs is 1. The fourth-order valence-corrected chi connectivity index (χ4v) is 4.12. The highest BCUT2D eigenvalue weighted by molar-refractivity contribution is 7.89. The molecule has 6 nitrogen and oxygen atoms in total. The van der Waals surface area contributed by atoms with Gasteiger partial charge in [0.1, 0.15) is 0 Å². The zero-order chi connectivity index (χ0) is 16.3. The number of benzene rings is 1. The van der Waals surface area contributed by atoms with Crippen LogP contribution in [0.1, 0.15) is 19.3 Å². The Balaban J connectivity index is 1.65. The van der Waals surface area contributed by atoms with Crippen LogP contribution in [0.5, 0.6) is 0 Å². The monoisotopic (exact) mass is 333 g/mol. The maximum Gasteiger partial charge on any atom is 0.241 e. The number of nitrogens with one attached hydrogen (secondary N) is 1. The second kappa shape index (κ2) is 6.64. The Bertz CT molecular complexity index is 815. The van der Waals surface area contributed by atoms with Crippen LogP contribution < -0.4 is 4.72 Å². The van der Waals surface area contributed by atoms with Crippen molar-refractivity contribution in [2.45, 2.75) is 24.2 Å². The summed E-state index contributed by atoms with van der Waals surface area (Å²) in [7, 11) is -3.58. The van der Waals surface area contributed by atoms with Crippen molar-refractivity contribution in [1.29, 1.82) is 0 Å². The fraction of sp³-hybridized carbons (Fsp3) is 0.375. The van der Waals surface area contributed by atoms with Crippen LogP contribution in [0.4, 0.5) is 0 Å². The number of pyridine rings is 1. The number of hydrogen-bond donors (Lipinski definition) is 1. The predicted molar refractivity (Wildman–Crippen MR) is 87.4 cm³/mol. The summed E-state index contributed by atoms with van der Waals surface area (Å²) in [6, 6.07) is 6.84. The van der Waals surface area contributed by atoms with Crippen molar-refractivity contribution in [1.82, 2.24) is 14.6 Å². The molecule has 2 heterocycles. The van der Waals surface area contributed by atoms with E-state index in [1.165, 1.54) is 0 Å². The highest BCUT2D eigenvalue weighted by atomic mass is 32.2. The fourth-order valence-electron chi connectivity index (χ4n) is 2.82. The molecule has 1 saturated heterocycles. The molecule has 0 atom stereocenters. The number of sulfonamides is 1. The lowest BCUT2D eigenvalue weighted by Gasteiger charge is -2.15. The van der Waals surface area contributed by atoms with Crippen LogP contribution in [0.25, 0.3) is 10.8 Å². The molecule has 1 fully saturated rings. The van der Waals surface area contributed by atoms with Gasteiger partial charge in [-0.25, -0.2) is 13.1 Å². The molecule has 3 rings (SSSR count). The van der Waals surface area contributed by atoms with Gasteiger partial charge in [0, 0.05) is 49.2 Å². The topological polar surface area (TPSA) is 79.4 Å². The Hall–Kier alpha value is -1.99. The summed E-state index contributed by atoms with van der Waals surface area (Å²) in [6.07, 6.45) is 5.34. The Morgan fingerprint density at radius 3 is 2.91 bits per heavy atom. The molecule has 122 valence electrons. The standard InChI is InChI=1S/C16H19N3O3S/c20-16-6-2-10-19(16)11-3-8-18-23(21,22)15-5-1-4-13-12-17-9-7-14(13)15/h1,4-5,7,9,12,18H,2-3,6,8,10-11H2. The molecular formula is C16H19N3O3S. The van der Waals surface area contributed by atoms with Crippen LogP contribution in [0.15, 0.2) is 41.6 Å². The molecule has 0 bridgehead atoms. The summed E-state index contributed by atoms with van der Waals surface area (Å²) in [5, 5.41) is 1.45. The number of amides is 1. The van der Waals surface area contributed by atoms with Gasteiger partial charge >= 0.3 is 0 Å². The summed E-state index contributed by atoms with van der Waals surface area (Å²) in [5.74, 6) is 0.161. The van der Waals surface area contributed by atoms with E-state index in [1.807, 2.05) is 6.07 Å². The lowest BCUT2D eigenvalue weighted by atomic mass is 10.2. The molecule has 0 saturated carbocycles. The molecule has 7 heteroatoms. The molecule has 1 amide bonds. The second-order valence-corrected chi connectivity index (χ2v) is 7.32. The van der Waals surface area contributed by atoms with Crippen LogP contribution in [-0.2, 0) is 14.8 Å². The Morgan fingerprint density at radius 1 is 1.26 bits per heavy atom. The van der Waals surface area contributed by atoms with E-state index in [9.17, 15) is 13.2 Å². The number of rotatable bonds is 6. The Kier molecular flexibility index (Phi) is 4.58. The largest absolute Gasteiger partial charge is 0.343 e. The van der Waals surface area contributed by atoms with Gasteiger partial charge in [0.05, 0.1) is 4.90 Å². The Labute approximate surface area is 135 Å². The average molecular weight is 333 g/mol. The third-order valence-corrected chi connectivity index (χ3v) is 5.52. The van der Waals surface area contributed by atoms with Crippen LogP contribution in [0.3, 0.4) is 0 Å². The molecule has 23 heavy (non-hydrogen) atoms. The van der Waals surface area contributed by atoms with Gasteiger partial charge < -0.3 is 4.90 Å². The highest BCUT2D eigenvalue weighted by Gasteiger charge is 2.20. The van der Waals surface area contributed by atoms with Gasteiger partial charge in [-0.05, 0) is 25.0 Å². The first kappa shape index (κ1) is 15.9. The van der Waals surface area contributed by atoms with Crippen molar-refractivity contribution in [3.05, 3.63) is 36.7 Å². The minimum absolute atomic E-state index is 0.161. The van der Waals surface area contributed by atoms with Crippen molar-refractivity contribution in [2.75, 3.05) is 19.6 Å². The molecule has 1 aromatic carbocycles. The van der Waals surface area contributed by atoms with Crippen molar-refractivity contribution >= 4 is 26.7 Å². The van der Waals surface area contributed by atoms with Gasteiger partial charge in [-0.15, -0.1) is 0 Å². The van der Waals surface area contributed by atoms with Crippen LogP contribution in [0.2, 0.25) is 0 Å². The third-order valence-electron chi connectivity index (χ3n) is 4.00. The van der Waals surface area contributed by atoms with Crippen molar-refractivity contribution in [2.24, 2.45) is 0 Å². The quantitative estimate of drug-likeness (QED) is 0.813. The van der Waals surface area contributed by atoms with Crippen molar-refractivity contribution in [3.63, 3.8) is 0 Å². The van der Waals surface area contributed by atoms with E-state index in [1.54, 1.807) is 35.5 Å². The van der Waals surface area contributed by atoms with Crippen LogP contribution >= 0.6 is 0 Å². The number of carbonyl (C=O) groups is 1. The molecule has 1 N–H and O–H groups in total. The van der Waals surface area contributed by atoms with Crippen molar-refractivity contribution < 1.29 is 13.2 Å². The first-order valence-corrected chi connectivity index (χ1v) is 9.16. The van der Waals surface area contributed by atoms with Gasteiger partial charge in [-0.2, -0.15) is 0 Å². The van der Waals surface area contributed by atoms with Crippen LogP contribution in [-0.4, -0.2) is 43.8 Å². The van der Waals surface area contributed by atoms with Crippen LogP contribution in [0, 0.1) is 0 Å². The number of aromatic nitrogens is 1. The van der Waals surface area contributed by atoms with Gasteiger partial charge in [0.2, 0.25) is 15.9 Å². The smallest absolute Gasteiger partial charge is 0.241 e. The summed E-state index contributed by atoms with van der Waals surface area (Å²) < 4.78 is 27.6. The van der Waals surface area contributed by atoms with Gasteiger partial charge in [-0.3, -0.25) is 9.78 Å². The SMILES string of the molecule is O=C1CCCN1CCCNS(=O)(=O)c1cccc2cnccc12. The molecule has 0 spiro atoms. The normalized spacial score (nSPS) is 15.5. The number of carbonyl (C=O) groups excluding carboxylic acids is 1. The minimum Gasteiger partial charge on any atom is -0.343 e. The van der Waals surface area contributed by atoms with E-state index in [-0.39, 0.29) is 10.8 Å². The highest BCUT2D eigenvalue weighted by Crippen LogP contribution is 2.21. The number of nitrogens with zero attached hydrogens (tertiary/aromatic N) is 2. The molecule has 1 aromatic heterocycles. The summed E-state index contributed by atoms with van der Waals surface area (Å²) in [6.45, 7) is 1.69. The van der Waals surface area contributed by atoms with E-state index in [2.05, 4.69) is 9.71 Å². The first-order chi connectivity index (χ1) is 11.1. The van der Waals surface area contributed by atoms with Gasteiger partial charge in [0.15, 0.2) is 0 Å². The number of likely N-dealkylation sites (tertiary alicyclic amines) is 1. The second-order valence-electron chi connectivity index (χ2n) is 5.59. The zero-order valence-electron chi connectivity index (χ0n) is 12.7. The molecule has 2 aromatic rings. The van der Waals surface area contributed by atoms with E-state index in [0.29, 0.717) is 31.3 Å². The maximum atomic E-state index is 12.5. The maximum absolute atomic E-state index is 12.5. The van der Waals surface area contributed by atoms with Gasteiger partial charge in [0.25, 0.3) is 0 Å². The van der Waals surface area contributed by atoms with Gasteiger partial charge in [-0.1, -0.05) is 12.1 Å². The van der Waals surface area contributed by atoms with E-state index >= 15 is 0 Å². The van der Waals surface area contributed by atoms with E-state index in [4.69, 9.17) is 0 Å². The summed E-state index contributed by atoms with van der Waals surface area (Å²) in [4.78, 5) is 17.6. The lowest BCUT2D eigenvalue weighted by Crippen LogP contribution is -2.30. The Morgan fingerprint density at radius 2 is 2.13 bits per heavy atom. The average Bonchev–Trinajstić information content (AvgIpc) is 2.96. The molecule has 0 radical (unpaired) electrons. The summed E-state index contributed by atoms with van der Waals surface area (Å²) in [5.41, 5.74) is 0. The minimum atomic E-state index is -3.58. The first-order valence-electron chi connectivity index (χ1n) is 7.68. The molecule has 1 aliphatic rings. The summed E-state index contributed by atoms with van der Waals surface area (Å²) >= 11 is 0. The molecule has 1 aliphatic heterocycles. The van der Waals surface area contributed by atoms with Crippen molar-refractivity contribution in [3.8, 4) is 0 Å². The zero-order valence-corrected chi connectivity index (χ0v) is 13.6. The van der Waals surface area contributed by atoms with E-state index in [0.717, 1.165) is 18.4 Å². The lowest BCUT2D eigenvalue weighted by molar-refractivity contribution is -0.127.